The summed E-state index contributed by atoms with van der Waals surface area (Å²) in [5.74, 6) is 0.589. The van der Waals surface area contributed by atoms with Crippen molar-refractivity contribution < 1.29 is 0 Å². The Hall–Kier alpha value is -1.24. The van der Waals surface area contributed by atoms with Crippen molar-refractivity contribution in [3.05, 3.63) is 35.5 Å². The monoisotopic (exact) mass is 187 g/mol. The number of benzene rings is 1. The molecule has 0 aliphatic rings. The van der Waals surface area contributed by atoms with Crippen molar-refractivity contribution in [1.82, 2.24) is 4.57 Å². The molecule has 0 unspecified atom stereocenters. The number of rotatable bonds is 1. The van der Waals surface area contributed by atoms with Crippen LogP contribution < -0.4 is 0 Å². The molecular weight excluding hydrogens is 170 g/mol. The molecule has 2 aromatic rings. The highest BCUT2D eigenvalue weighted by Gasteiger charge is 2.08. The molecule has 0 saturated carbocycles. The first-order valence-electron chi connectivity index (χ1n) is 5.15. The summed E-state index contributed by atoms with van der Waals surface area (Å²) < 4.78 is 2.21. The zero-order chi connectivity index (χ0) is 10.3. The number of hydrogen-bond donors (Lipinski definition) is 0. The molecule has 14 heavy (non-hydrogen) atoms. The van der Waals surface area contributed by atoms with Crippen molar-refractivity contribution in [2.45, 2.75) is 26.7 Å². The number of aryl methyl sites for hydroxylation is 2. The van der Waals surface area contributed by atoms with Gasteiger partial charge in [-0.2, -0.15) is 0 Å². The normalized spacial score (nSPS) is 11.5. The SMILES string of the molecule is Cc1cc(C(C)C)c2c(ccn2C)c1. The molecule has 1 heterocycles. The summed E-state index contributed by atoms with van der Waals surface area (Å²) in [5.41, 5.74) is 4.19. The van der Waals surface area contributed by atoms with Gasteiger partial charge in [-0.25, -0.2) is 0 Å². The molecule has 0 atom stereocenters. The van der Waals surface area contributed by atoms with Crippen molar-refractivity contribution in [3.63, 3.8) is 0 Å². The van der Waals surface area contributed by atoms with Crippen LogP contribution in [0.2, 0.25) is 0 Å². The second kappa shape index (κ2) is 3.16. The summed E-state index contributed by atoms with van der Waals surface area (Å²) in [6.07, 6.45) is 2.13. The highest BCUT2D eigenvalue weighted by Crippen LogP contribution is 2.27. The Morgan fingerprint density at radius 3 is 2.57 bits per heavy atom. The lowest BCUT2D eigenvalue weighted by molar-refractivity contribution is 0.855. The summed E-state index contributed by atoms with van der Waals surface area (Å²) in [5, 5.41) is 1.36. The molecule has 0 aliphatic carbocycles. The van der Waals surface area contributed by atoms with Crippen molar-refractivity contribution in [2.24, 2.45) is 7.05 Å². The molecule has 0 fully saturated rings. The predicted molar refractivity (Wildman–Crippen MR) is 61.7 cm³/mol. The van der Waals surface area contributed by atoms with Crippen molar-refractivity contribution >= 4 is 10.9 Å². The van der Waals surface area contributed by atoms with Gasteiger partial charge in [-0.15, -0.1) is 0 Å². The summed E-state index contributed by atoms with van der Waals surface area (Å²) in [7, 11) is 2.11. The maximum absolute atomic E-state index is 2.30. The van der Waals surface area contributed by atoms with E-state index < -0.39 is 0 Å². The van der Waals surface area contributed by atoms with Crippen LogP contribution in [0, 0.1) is 6.92 Å². The number of fused-ring (bicyclic) bond motifs is 1. The molecular formula is C13H17N. The second-order valence-electron chi connectivity index (χ2n) is 4.37. The van der Waals surface area contributed by atoms with Gasteiger partial charge in [0.05, 0.1) is 5.52 Å². The minimum absolute atomic E-state index is 0.589. The topological polar surface area (TPSA) is 4.93 Å². The van der Waals surface area contributed by atoms with E-state index in [1.807, 2.05) is 0 Å². The quantitative estimate of drug-likeness (QED) is 0.642. The molecule has 1 aromatic heterocycles. The first-order valence-corrected chi connectivity index (χ1v) is 5.15. The van der Waals surface area contributed by atoms with Crippen LogP contribution in [0.15, 0.2) is 24.4 Å². The molecule has 1 nitrogen and oxygen atoms in total. The highest BCUT2D eigenvalue weighted by atomic mass is 14.9. The average molecular weight is 187 g/mol. The summed E-state index contributed by atoms with van der Waals surface area (Å²) >= 11 is 0. The third-order valence-electron chi connectivity index (χ3n) is 2.77. The fourth-order valence-electron chi connectivity index (χ4n) is 2.08. The van der Waals surface area contributed by atoms with Gasteiger partial charge in [-0.3, -0.25) is 0 Å². The van der Waals surface area contributed by atoms with Crippen LogP contribution in [0.1, 0.15) is 30.9 Å². The minimum atomic E-state index is 0.589. The van der Waals surface area contributed by atoms with Crippen LogP contribution in [0.3, 0.4) is 0 Å². The predicted octanol–water partition coefficient (Wildman–Crippen LogP) is 3.61. The third-order valence-corrected chi connectivity index (χ3v) is 2.77. The van der Waals surface area contributed by atoms with Crippen LogP contribution in [0.25, 0.3) is 10.9 Å². The molecule has 0 saturated heterocycles. The lowest BCUT2D eigenvalue weighted by atomic mass is 9.98. The first-order chi connectivity index (χ1) is 6.59. The zero-order valence-corrected chi connectivity index (χ0v) is 9.33. The standard InChI is InChI=1S/C13H17N/c1-9(2)12-8-10(3)7-11-5-6-14(4)13(11)12/h5-9H,1-4H3. The molecule has 0 spiro atoms. The third kappa shape index (κ3) is 1.33. The van der Waals surface area contributed by atoms with E-state index in [2.05, 4.69) is 56.8 Å². The summed E-state index contributed by atoms with van der Waals surface area (Å²) in [4.78, 5) is 0. The second-order valence-corrected chi connectivity index (χ2v) is 4.37. The van der Waals surface area contributed by atoms with Crippen LogP contribution in [-0.4, -0.2) is 4.57 Å². The molecule has 1 heteroatoms. The van der Waals surface area contributed by atoms with E-state index >= 15 is 0 Å². The molecule has 0 radical (unpaired) electrons. The van der Waals surface area contributed by atoms with Gasteiger partial charge in [0.2, 0.25) is 0 Å². The number of aromatic nitrogens is 1. The van der Waals surface area contributed by atoms with Gasteiger partial charge in [0.1, 0.15) is 0 Å². The van der Waals surface area contributed by atoms with Gasteiger partial charge < -0.3 is 4.57 Å². The molecule has 2 rings (SSSR count). The van der Waals surface area contributed by atoms with Gasteiger partial charge in [-0.05, 0) is 30.5 Å². The fourth-order valence-corrected chi connectivity index (χ4v) is 2.08. The Kier molecular flexibility index (Phi) is 2.10. The van der Waals surface area contributed by atoms with E-state index in [1.165, 1.54) is 22.0 Å². The van der Waals surface area contributed by atoms with E-state index in [9.17, 15) is 0 Å². The average Bonchev–Trinajstić information content (AvgIpc) is 2.46. The van der Waals surface area contributed by atoms with Gasteiger partial charge >= 0.3 is 0 Å². The van der Waals surface area contributed by atoms with E-state index in [0.717, 1.165) is 0 Å². The van der Waals surface area contributed by atoms with Crippen LogP contribution in [-0.2, 0) is 7.05 Å². The molecule has 1 aromatic carbocycles. The maximum atomic E-state index is 2.30. The van der Waals surface area contributed by atoms with Gasteiger partial charge in [-0.1, -0.05) is 25.5 Å². The molecule has 0 N–H and O–H groups in total. The van der Waals surface area contributed by atoms with Gasteiger partial charge in [0, 0.05) is 18.6 Å². The lowest BCUT2D eigenvalue weighted by Crippen LogP contribution is -1.95. The first kappa shape index (κ1) is 9.32. The van der Waals surface area contributed by atoms with E-state index in [1.54, 1.807) is 0 Å². The molecule has 0 bridgehead atoms. The molecule has 74 valence electrons. The Labute approximate surface area is 85.4 Å². The van der Waals surface area contributed by atoms with E-state index in [0.29, 0.717) is 5.92 Å². The Morgan fingerprint density at radius 2 is 1.93 bits per heavy atom. The smallest absolute Gasteiger partial charge is 0.0513 e. The lowest BCUT2D eigenvalue weighted by Gasteiger charge is -2.10. The van der Waals surface area contributed by atoms with Crippen molar-refractivity contribution in [3.8, 4) is 0 Å². The number of nitrogens with zero attached hydrogens (tertiary/aromatic N) is 1. The van der Waals surface area contributed by atoms with Crippen LogP contribution in [0.4, 0.5) is 0 Å². The Bertz CT molecular complexity index is 463. The van der Waals surface area contributed by atoms with Crippen LogP contribution in [0.5, 0.6) is 0 Å². The summed E-state index contributed by atoms with van der Waals surface area (Å²) in [6, 6.07) is 6.74. The number of hydrogen-bond acceptors (Lipinski definition) is 0. The Balaban J connectivity index is 2.83. The Morgan fingerprint density at radius 1 is 1.21 bits per heavy atom. The highest BCUT2D eigenvalue weighted by molar-refractivity contribution is 5.84. The molecule has 0 aliphatic heterocycles. The zero-order valence-electron chi connectivity index (χ0n) is 9.33. The largest absolute Gasteiger partial charge is 0.350 e. The van der Waals surface area contributed by atoms with Crippen LogP contribution >= 0.6 is 0 Å². The van der Waals surface area contributed by atoms with Gasteiger partial charge in [0.25, 0.3) is 0 Å². The molecule has 0 amide bonds. The van der Waals surface area contributed by atoms with Gasteiger partial charge in [0.15, 0.2) is 0 Å². The fraction of sp³-hybridized carbons (Fsp3) is 0.385. The van der Waals surface area contributed by atoms with Crippen molar-refractivity contribution in [2.75, 3.05) is 0 Å². The van der Waals surface area contributed by atoms with E-state index in [4.69, 9.17) is 0 Å². The maximum Gasteiger partial charge on any atom is 0.0513 e. The van der Waals surface area contributed by atoms with Crippen molar-refractivity contribution in [1.29, 1.82) is 0 Å². The minimum Gasteiger partial charge on any atom is -0.350 e. The summed E-state index contributed by atoms with van der Waals surface area (Å²) in [6.45, 7) is 6.67. The van der Waals surface area contributed by atoms with E-state index in [-0.39, 0.29) is 0 Å².